The average molecular weight is 457 g/mol. The highest BCUT2D eigenvalue weighted by Gasteiger charge is 2.47. The third-order valence-electron chi connectivity index (χ3n) is 5.60. The van der Waals surface area contributed by atoms with Gasteiger partial charge in [-0.05, 0) is 49.2 Å². The number of carbonyl (C=O) groups is 3. The van der Waals surface area contributed by atoms with Crippen LogP contribution < -0.4 is 15.4 Å². The topological polar surface area (TPSA) is 125 Å². The highest BCUT2D eigenvalue weighted by molar-refractivity contribution is 7.89. The minimum Gasteiger partial charge on any atom is -0.350 e. The second-order valence-electron chi connectivity index (χ2n) is 7.78. The second kappa shape index (κ2) is 8.71. The molecule has 2 aromatic rings. The molecule has 1 unspecified atom stereocenters. The number of hydrogen-bond acceptors (Lipinski definition) is 5. The number of nitrogens with zero attached hydrogens (tertiary/aromatic N) is 1. The summed E-state index contributed by atoms with van der Waals surface area (Å²) in [5.74, 6) is -0.913. The van der Waals surface area contributed by atoms with Crippen molar-refractivity contribution >= 4 is 27.7 Å². The zero-order valence-corrected chi connectivity index (χ0v) is 18.3. The first-order valence-electron chi connectivity index (χ1n) is 10.3. The Bertz CT molecular complexity index is 1160. The van der Waals surface area contributed by atoms with E-state index < -0.39 is 16.1 Å². The lowest BCUT2D eigenvalue weighted by atomic mass is 10.0. The number of fused-ring (bicyclic) bond motifs is 1. The van der Waals surface area contributed by atoms with Crippen molar-refractivity contribution in [2.75, 3.05) is 13.6 Å². The van der Waals surface area contributed by atoms with E-state index in [-0.39, 0.29) is 41.7 Å². The molecule has 168 valence electrons. The van der Waals surface area contributed by atoms with Crippen molar-refractivity contribution in [3.8, 4) is 0 Å². The van der Waals surface area contributed by atoms with E-state index in [0.29, 0.717) is 11.1 Å². The predicted octanol–water partition coefficient (Wildman–Crippen LogP) is 0.687. The van der Waals surface area contributed by atoms with Crippen LogP contribution in [0.25, 0.3) is 0 Å². The molecule has 4 rings (SSSR count). The Morgan fingerprint density at radius 2 is 1.72 bits per heavy atom. The van der Waals surface area contributed by atoms with Gasteiger partial charge in [-0.1, -0.05) is 30.3 Å². The largest absolute Gasteiger partial charge is 0.350 e. The minimum absolute atomic E-state index is 0.0640. The van der Waals surface area contributed by atoms with Crippen LogP contribution >= 0.6 is 0 Å². The standard InChI is InChI=1S/C22H24N4O5S/c1-23-32(30,31)16-10-6-14(7-11-16)12-24-19(27)13-25-21(28)20-17-4-2-3-5-18(17)22(29)26(20)15-8-9-15/h2-7,10-11,15,20,23H,8-9,12-13H2,1H3,(H,24,27)(H,25,28). The van der Waals surface area contributed by atoms with Gasteiger partial charge in [-0.2, -0.15) is 0 Å². The molecule has 0 aromatic heterocycles. The molecule has 10 heteroatoms. The molecule has 3 N–H and O–H groups in total. The Labute approximate surface area is 186 Å². The first-order valence-corrected chi connectivity index (χ1v) is 11.8. The van der Waals surface area contributed by atoms with Crippen molar-refractivity contribution in [2.24, 2.45) is 0 Å². The van der Waals surface area contributed by atoms with Crippen molar-refractivity contribution in [3.05, 3.63) is 65.2 Å². The molecule has 32 heavy (non-hydrogen) atoms. The number of nitrogens with one attached hydrogen (secondary N) is 3. The van der Waals surface area contributed by atoms with E-state index in [4.69, 9.17) is 0 Å². The first-order chi connectivity index (χ1) is 15.3. The van der Waals surface area contributed by atoms with Gasteiger partial charge in [0, 0.05) is 18.2 Å². The lowest BCUT2D eigenvalue weighted by molar-refractivity contribution is -0.129. The van der Waals surface area contributed by atoms with Crippen LogP contribution in [-0.2, 0) is 26.2 Å². The van der Waals surface area contributed by atoms with E-state index in [1.54, 1.807) is 41.3 Å². The van der Waals surface area contributed by atoms with Crippen molar-refractivity contribution in [2.45, 2.75) is 36.4 Å². The average Bonchev–Trinajstić information content (AvgIpc) is 3.60. The maximum atomic E-state index is 12.9. The summed E-state index contributed by atoms with van der Waals surface area (Å²) in [6, 6.07) is 12.5. The smallest absolute Gasteiger partial charge is 0.255 e. The van der Waals surface area contributed by atoms with Crippen LogP contribution in [0.4, 0.5) is 0 Å². The lowest BCUT2D eigenvalue weighted by Gasteiger charge is -2.24. The Morgan fingerprint density at radius 3 is 2.38 bits per heavy atom. The summed E-state index contributed by atoms with van der Waals surface area (Å²) >= 11 is 0. The molecule has 0 radical (unpaired) electrons. The van der Waals surface area contributed by atoms with Crippen LogP contribution in [0.2, 0.25) is 0 Å². The fourth-order valence-corrected chi connectivity index (χ4v) is 4.49. The Balaban J connectivity index is 1.33. The summed E-state index contributed by atoms with van der Waals surface area (Å²) in [7, 11) is -2.18. The van der Waals surface area contributed by atoms with Crippen molar-refractivity contribution in [3.63, 3.8) is 0 Å². The van der Waals surface area contributed by atoms with Gasteiger partial charge < -0.3 is 15.5 Å². The van der Waals surface area contributed by atoms with Gasteiger partial charge in [0.25, 0.3) is 5.91 Å². The quantitative estimate of drug-likeness (QED) is 0.539. The molecule has 1 aliphatic heterocycles. The Morgan fingerprint density at radius 1 is 1.03 bits per heavy atom. The zero-order valence-electron chi connectivity index (χ0n) is 17.5. The van der Waals surface area contributed by atoms with Gasteiger partial charge in [-0.25, -0.2) is 13.1 Å². The van der Waals surface area contributed by atoms with Crippen molar-refractivity contribution < 1.29 is 22.8 Å². The summed E-state index contributed by atoms with van der Waals surface area (Å²) in [6.07, 6.45) is 1.75. The highest BCUT2D eigenvalue weighted by Crippen LogP contribution is 2.41. The van der Waals surface area contributed by atoms with Crippen molar-refractivity contribution in [1.82, 2.24) is 20.3 Å². The fraction of sp³-hybridized carbons (Fsp3) is 0.318. The van der Waals surface area contributed by atoms with Crippen LogP contribution in [-0.4, -0.2) is 50.7 Å². The first kappa shape index (κ1) is 22.0. The summed E-state index contributed by atoms with van der Waals surface area (Å²) in [6.45, 7) is -0.0378. The normalized spacial score (nSPS) is 17.7. The molecule has 3 amide bonds. The molecule has 0 bridgehead atoms. The van der Waals surface area contributed by atoms with Crippen molar-refractivity contribution in [1.29, 1.82) is 0 Å². The molecule has 0 saturated heterocycles. The number of carbonyl (C=O) groups excluding carboxylic acids is 3. The van der Waals surface area contributed by atoms with Crippen LogP contribution in [0.15, 0.2) is 53.4 Å². The third kappa shape index (κ3) is 4.37. The molecule has 1 fully saturated rings. The lowest BCUT2D eigenvalue weighted by Crippen LogP contribution is -2.43. The highest BCUT2D eigenvalue weighted by atomic mass is 32.2. The molecule has 9 nitrogen and oxygen atoms in total. The van der Waals surface area contributed by atoms with Gasteiger partial charge in [-0.3, -0.25) is 14.4 Å². The summed E-state index contributed by atoms with van der Waals surface area (Å²) in [4.78, 5) is 39.6. The Kier molecular flexibility index (Phi) is 5.98. The maximum Gasteiger partial charge on any atom is 0.255 e. The monoisotopic (exact) mass is 456 g/mol. The maximum absolute atomic E-state index is 12.9. The van der Waals surface area contributed by atoms with E-state index in [2.05, 4.69) is 15.4 Å². The third-order valence-corrected chi connectivity index (χ3v) is 7.03. The number of rotatable bonds is 8. The van der Waals surface area contributed by atoms with E-state index >= 15 is 0 Å². The van der Waals surface area contributed by atoms with Crippen LogP contribution in [0.1, 0.15) is 40.4 Å². The number of sulfonamides is 1. The summed E-state index contributed by atoms with van der Waals surface area (Å²) in [5.41, 5.74) is 1.92. The van der Waals surface area contributed by atoms with Gasteiger partial charge in [0.15, 0.2) is 0 Å². The van der Waals surface area contributed by atoms with Gasteiger partial charge in [0.05, 0.1) is 11.4 Å². The van der Waals surface area contributed by atoms with Gasteiger partial charge in [0.2, 0.25) is 21.8 Å². The van der Waals surface area contributed by atoms with Gasteiger partial charge in [0.1, 0.15) is 6.04 Å². The number of hydrogen-bond donors (Lipinski definition) is 3. The molecule has 1 atom stereocenters. The van der Waals surface area contributed by atoms with Gasteiger partial charge in [-0.15, -0.1) is 0 Å². The second-order valence-corrected chi connectivity index (χ2v) is 9.67. The fourth-order valence-electron chi connectivity index (χ4n) is 3.76. The van der Waals surface area contributed by atoms with Crippen LogP contribution in [0.5, 0.6) is 0 Å². The molecule has 1 heterocycles. The summed E-state index contributed by atoms with van der Waals surface area (Å²) < 4.78 is 25.8. The molecular weight excluding hydrogens is 432 g/mol. The molecule has 2 aliphatic rings. The number of benzene rings is 2. The van der Waals surface area contributed by atoms with Gasteiger partial charge >= 0.3 is 0 Å². The molecule has 1 saturated carbocycles. The van der Waals surface area contributed by atoms with E-state index in [1.165, 1.54) is 19.2 Å². The summed E-state index contributed by atoms with van der Waals surface area (Å²) in [5, 5.41) is 5.33. The van der Waals surface area contributed by atoms with Crippen LogP contribution in [0.3, 0.4) is 0 Å². The predicted molar refractivity (Wildman–Crippen MR) is 116 cm³/mol. The van der Waals surface area contributed by atoms with E-state index in [1.807, 2.05) is 0 Å². The SMILES string of the molecule is CNS(=O)(=O)c1ccc(CNC(=O)CNC(=O)C2c3ccccc3C(=O)N2C2CC2)cc1. The zero-order chi connectivity index (χ0) is 22.9. The molecule has 1 aliphatic carbocycles. The van der Waals surface area contributed by atoms with Crippen LogP contribution in [0, 0.1) is 0 Å². The number of amides is 3. The molecule has 0 spiro atoms. The van der Waals surface area contributed by atoms with E-state index in [0.717, 1.165) is 18.4 Å². The minimum atomic E-state index is -3.52. The Hall–Kier alpha value is -3.24. The molecule has 2 aromatic carbocycles. The van der Waals surface area contributed by atoms with E-state index in [9.17, 15) is 22.8 Å². The molecular formula is C22H24N4O5S.